The summed E-state index contributed by atoms with van der Waals surface area (Å²) in [6, 6.07) is 11.0. The van der Waals surface area contributed by atoms with Crippen LogP contribution in [0.1, 0.15) is 11.1 Å². The SMILES string of the molecule is Nc1ccnc(Cl)c1C#CCNC(=O)OCc1ccccc1. The minimum atomic E-state index is -0.539. The fraction of sp³-hybridized carbons (Fsp3) is 0.125. The number of nitrogens with two attached hydrogens (primary N) is 1. The Morgan fingerprint density at radius 1 is 1.32 bits per heavy atom. The fourth-order valence-corrected chi connectivity index (χ4v) is 1.81. The molecule has 2 rings (SSSR count). The van der Waals surface area contributed by atoms with Crippen LogP contribution >= 0.6 is 11.6 Å². The molecule has 0 aliphatic rings. The van der Waals surface area contributed by atoms with Crippen LogP contribution in [0.3, 0.4) is 0 Å². The number of benzene rings is 1. The molecule has 0 aliphatic heterocycles. The molecule has 1 heterocycles. The Balaban J connectivity index is 1.79. The van der Waals surface area contributed by atoms with Gasteiger partial charge in [-0.2, -0.15) is 0 Å². The van der Waals surface area contributed by atoms with E-state index in [4.69, 9.17) is 22.1 Å². The van der Waals surface area contributed by atoms with Crippen LogP contribution in [0.4, 0.5) is 10.5 Å². The van der Waals surface area contributed by atoms with Crippen LogP contribution in [0.5, 0.6) is 0 Å². The zero-order valence-corrected chi connectivity index (χ0v) is 12.4. The maximum Gasteiger partial charge on any atom is 0.408 e. The summed E-state index contributed by atoms with van der Waals surface area (Å²) in [7, 11) is 0. The van der Waals surface area contributed by atoms with E-state index in [0.717, 1.165) is 5.56 Å². The summed E-state index contributed by atoms with van der Waals surface area (Å²) < 4.78 is 5.05. The molecule has 1 amide bonds. The molecule has 3 N–H and O–H groups in total. The smallest absolute Gasteiger partial charge is 0.408 e. The maximum absolute atomic E-state index is 11.5. The topological polar surface area (TPSA) is 77.2 Å². The van der Waals surface area contributed by atoms with Gasteiger partial charge in [0.05, 0.1) is 17.8 Å². The van der Waals surface area contributed by atoms with Gasteiger partial charge in [0.2, 0.25) is 0 Å². The van der Waals surface area contributed by atoms with Crippen molar-refractivity contribution in [1.82, 2.24) is 10.3 Å². The number of carbonyl (C=O) groups excluding carboxylic acids is 1. The Labute approximate surface area is 133 Å². The second kappa shape index (κ2) is 7.91. The number of anilines is 1. The molecule has 0 saturated carbocycles. The van der Waals surface area contributed by atoms with Gasteiger partial charge in [-0.1, -0.05) is 53.8 Å². The van der Waals surface area contributed by atoms with Gasteiger partial charge in [0.15, 0.2) is 0 Å². The molecule has 0 fully saturated rings. The highest BCUT2D eigenvalue weighted by atomic mass is 35.5. The van der Waals surface area contributed by atoms with Crippen molar-refractivity contribution < 1.29 is 9.53 Å². The highest BCUT2D eigenvalue weighted by molar-refractivity contribution is 6.30. The Bertz CT molecular complexity index is 688. The van der Waals surface area contributed by atoms with E-state index < -0.39 is 6.09 Å². The van der Waals surface area contributed by atoms with E-state index in [1.165, 1.54) is 6.20 Å². The van der Waals surface area contributed by atoms with Gasteiger partial charge in [0, 0.05) is 6.20 Å². The zero-order valence-electron chi connectivity index (χ0n) is 11.7. The number of alkyl carbamates (subject to hydrolysis) is 1. The largest absolute Gasteiger partial charge is 0.445 e. The monoisotopic (exact) mass is 315 g/mol. The minimum absolute atomic E-state index is 0.123. The first kappa shape index (κ1) is 15.7. The summed E-state index contributed by atoms with van der Waals surface area (Å²) in [5, 5.41) is 2.76. The van der Waals surface area contributed by atoms with Crippen molar-refractivity contribution in [3.63, 3.8) is 0 Å². The van der Waals surface area contributed by atoms with Crippen LogP contribution in [0.2, 0.25) is 5.15 Å². The number of amides is 1. The summed E-state index contributed by atoms with van der Waals surface area (Å²) in [5.41, 5.74) is 7.54. The summed E-state index contributed by atoms with van der Waals surface area (Å²) >= 11 is 5.88. The predicted octanol–water partition coefficient (Wildman–Crippen LogP) is 2.60. The lowest BCUT2D eigenvalue weighted by molar-refractivity contribution is 0.141. The third-order valence-corrected chi connectivity index (χ3v) is 2.97. The molecule has 0 radical (unpaired) electrons. The van der Waals surface area contributed by atoms with Gasteiger partial charge in [0.25, 0.3) is 0 Å². The van der Waals surface area contributed by atoms with E-state index in [-0.39, 0.29) is 18.3 Å². The van der Waals surface area contributed by atoms with Crippen LogP contribution in [0, 0.1) is 11.8 Å². The summed E-state index contributed by atoms with van der Waals surface area (Å²) in [5.74, 6) is 5.52. The molecule has 6 heteroatoms. The first-order chi connectivity index (χ1) is 10.7. The van der Waals surface area contributed by atoms with Gasteiger partial charge in [-0.15, -0.1) is 0 Å². The lowest BCUT2D eigenvalue weighted by atomic mass is 10.2. The Morgan fingerprint density at radius 3 is 2.82 bits per heavy atom. The van der Waals surface area contributed by atoms with E-state index in [0.29, 0.717) is 11.3 Å². The molecule has 0 aliphatic carbocycles. The van der Waals surface area contributed by atoms with Crippen molar-refractivity contribution in [2.75, 3.05) is 12.3 Å². The maximum atomic E-state index is 11.5. The molecule has 1 aromatic heterocycles. The molecular formula is C16H14ClN3O2. The number of nitrogens with one attached hydrogen (secondary N) is 1. The lowest BCUT2D eigenvalue weighted by Crippen LogP contribution is -2.24. The highest BCUT2D eigenvalue weighted by Crippen LogP contribution is 2.17. The molecule has 1 aromatic carbocycles. The predicted molar refractivity (Wildman–Crippen MR) is 85.2 cm³/mol. The van der Waals surface area contributed by atoms with Gasteiger partial charge < -0.3 is 15.8 Å². The van der Waals surface area contributed by atoms with Gasteiger partial charge >= 0.3 is 6.09 Å². The number of aromatic nitrogens is 1. The number of nitrogen functional groups attached to an aromatic ring is 1. The van der Waals surface area contributed by atoms with Crippen molar-refractivity contribution in [3.05, 3.63) is 58.9 Å². The van der Waals surface area contributed by atoms with Crippen molar-refractivity contribution in [1.29, 1.82) is 0 Å². The molecule has 5 nitrogen and oxygen atoms in total. The average Bonchev–Trinajstić information content (AvgIpc) is 2.53. The number of carbonyl (C=O) groups is 1. The molecule has 0 unspecified atom stereocenters. The van der Waals surface area contributed by atoms with Crippen molar-refractivity contribution in [2.45, 2.75) is 6.61 Å². The number of halogens is 1. The highest BCUT2D eigenvalue weighted by Gasteiger charge is 2.02. The van der Waals surface area contributed by atoms with Crippen molar-refractivity contribution >= 4 is 23.4 Å². The zero-order chi connectivity index (χ0) is 15.8. The second-order valence-corrected chi connectivity index (χ2v) is 4.64. The van der Waals surface area contributed by atoms with Crippen LogP contribution in [0.25, 0.3) is 0 Å². The Kier molecular flexibility index (Phi) is 5.64. The van der Waals surface area contributed by atoms with E-state index in [1.54, 1.807) is 6.07 Å². The number of ether oxygens (including phenoxy) is 1. The first-order valence-electron chi connectivity index (χ1n) is 6.50. The van der Waals surface area contributed by atoms with Crippen molar-refractivity contribution in [2.24, 2.45) is 0 Å². The number of nitrogens with zero attached hydrogens (tertiary/aromatic N) is 1. The molecule has 0 atom stereocenters. The third-order valence-electron chi connectivity index (χ3n) is 2.68. The average molecular weight is 316 g/mol. The third kappa shape index (κ3) is 4.69. The van der Waals surface area contributed by atoms with Gasteiger partial charge in [-0.05, 0) is 11.6 Å². The number of hydrogen-bond donors (Lipinski definition) is 2. The fourth-order valence-electron chi connectivity index (χ4n) is 1.60. The number of hydrogen-bond acceptors (Lipinski definition) is 4. The molecule has 22 heavy (non-hydrogen) atoms. The van der Waals surface area contributed by atoms with E-state index in [2.05, 4.69) is 22.1 Å². The van der Waals surface area contributed by atoms with Gasteiger partial charge in [0.1, 0.15) is 11.8 Å². The van der Waals surface area contributed by atoms with Crippen LogP contribution in [-0.4, -0.2) is 17.6 Å². The van der Waals surface area contributed by atoms with E-state index in [1.807, 2.05) is 30.3 Å². The van der Waals surface area contributed by atoms with Crippen LogP contribution < -0.4 is 11.1 Å². The Morgan fingerprint density at radius 2 is 2.09 bits per heavy atom. The molecule has 0 spiro atoms. The molecule has 0 bridgehead atoms. The molecule has 112 valence electrons. The van der Waals surface area contributed by atoms with Crippen LogP contribution in [-0.2, 0) is 11.3 Å². The lowest BCUT2D eigenvalue weighted by Gasteiger charge is -2.04. The first-order valence-corrected chi connectivity index (χ1v) is 6.88. The molecule has 2 aromatic rings. The second-order valence-electron chi connectivity index (χ2n) is 4.28. The Hall–Kier alpha value is -2.71. The van der Waals surface area contributed by atoms with Crippen LogP contribution in [0.15, 0.2) is 42.6 Å². The van der Waals surface area contributed by atoms with Crippen molar-refractivity contribution in [3.8, 4) is 11.8 Å². The van der Waals surface area contributed by atoms with Gasteiger partial charge in [-0.3, -0.25) is 0 Å². The van der Waals surface area contributed by atoms with Gasteiger partial charge in [-0.25, -0.2) is 9.78 Å². The summed E-state index contributed by atoms with van der Waals surface area (Å²) in [6.07, 6.45) is 0.964. The van der Waals surface area contributed by atoms with E-state index in [9.17, 15) is 4.79 Å². The van der Waals surface area contributed by atoms with E-state index >= 15 is 0 Å². The summed E-state index contributed by atoms with van der Waals surface area (Å²) in [4.78, 5) is 15.4. The number of rotatable bonds is 3. The number of pyridine rings is 1. The quantitative estimate of drug-likeness (QED) is 0.674. The molecule has 0 saturated heterocycles. The normalized spacial score (nSPS) is 9.50. The summed E-state index contributed by atoms with van der Waals surface area (Å²) in [6.45, 7) is 0.333. The molecular weight excluding hydrogens is 302 g/mol. The minimum Gasteiger partial charge on any atom is -0.445 e. The standard InChI is InChI=1S/C16H14ClN3O2/c17-15-13(14(18)8-10-19-15)7-4-9-20-16(21)22-11-12-5-2-1-3-6-12/h1-3,5-6,8,10H,9,11H2,(H2,18,19)(H,20,21).